The maximum atomic E-state index is 13.4. The first-order chi connectivity index (χ1) is 16.0. The number of methoxy groups -OCH3 is 1. The molecule has 1 fully saturated rings. The summed E-state index contributed by atoms with van der Waals surface area (Å²) in [5.74, 6) is 1.31. The van der Waals surface area contributed by atoms with Crippen molar-refractivity contribution < 1.29 is 9.53 Å². The Kier molecular flexibility index (Phi) is 7.18. The van der Waals surface area contributed by atoms with Gasteiger partial charge in [-0.15, -0.1) is 0 Å². The smallest absolute Gasteiger partial charge is 0.251 e. The van der Waals surface area contributed by atoms with Crippen LogP contribution in [0.4, 0.5) is 17.1 Å². The summed E-state index contributed by atoms with van der Waals surface area (Å²) >= 11 is 0. The summed E-state index contributed by atoms with van der Waals surface area (Å²) in [4.78, 5) is 15.8. The van der Waals surface area contributed by atoms with E-state index < -0.39 is 6.04 Å². The summed E-state index contributed by atoms with van der Waals surface area (Å²) in [5, 5.41) is 6.49. The number of rotatable bonds is 7. The zero-order chi connectivity index (χ0) is 23.2. The highest BCUT2D eigenvalue weighted by atomic mass is 16.5. The molecule has 0 bridgehead atoms. The minimum absolute atomic E-state index is 0.140. The van der Waals surface area contributed by atoms with Crippen molar-refractivity contribution >= 4 is 23.0 Å². The maximum absolute atomic E-state index is 13.4. The Labute approximate surface area is 196 Å². The highest BCUT2D eigenvalue weighted by Crippen LogP contribution is 2.29. The third-order valence-corrected chi connectivity index (χ3v) is 6.34. The maximum Gasteiger partial charge on any atom is 0.251 e. The van der Waals surface area contributed by atoms with E-state index in [2.05, 4.69) is 46.7 Å². The van der Waals surface area contributed by atoms with Gasteiger partial charge in [0.15, 0.2) is 0 Å². The molecule has 0 aliphatic carbocycles. The van der Waals surface area contributed by atoms with Crippen molar-refractivity contribution in [2.75, 3.05) is 35.7 Å². The SMILES string of the molecule is COc1ccc(C)cc1NC(=O)C(Nc1ccc(N2CCC(C)CC2)cc1)c1ccccc1. The lowest BCUT2D eigenvalue weighted by Gasteiger charge is -2.32. The van der Waals surface area contributed by atoms with Gasteiger partial charge in [-0.05, 0) is 73.2 Å². The van der Waals surface area contributed by atoms with Crippen LogP contribution in [0, 0.1) is 12.8 Å². The standard InChI is InChI=1S/C28H33N3O2/c1-20-15-17-31(18-16-20)24-12-10-23(11-13-24)29-27(22-7-5-4-6-8-22)28(32)30-25-19-21(2)9-14-26(25)33-3/h4-14,19-20,27,29H,15-18H2,1-3H3,(H,30,32). The number of nitrogens with one attached hydrogen (secondary N) is 2. The number of anilines is 3. The number of benzene rings is 3. The molecule has 172 valence electrons. The molecule has 0 aromatic heterocycles. The second-order valence-electron chi connectivity index (χ2n) is 8.90. The average Bonchev–Trinajstić information content (AvgIpc) is 2.84. The fraction of sp³-hybridized carbons (Fsp3) is 0.321. The molecule has 1 saturated heterocycles. The third kappa shape index (κ3) is 5.67. The number of carbonyl (C=O) groups excluding carboxylic acids is 1. The zero-order valence-corrected chi connectivity index (χ0v) is 19.7. The number of amides is 1. The van der Waals surface area contributed by atoms with Gasteiger partial charge in [-0.1, -0.05) is 43.3 Å². The van der Waals surface area contributed by atoms with Gasteiger partial charge in [-0.25, -0.2) is 0 Å². The third-order valence-electron chi connectivity index (χ3n) is 6.34. The van der Waals surface area contributed by atoms with Crippen LogP contribution >= 0.6 is 0 Å². The van der Waals surface area contributed by atoms with Crippen molar-refractivity contribution in [2.24, 2.45) is 5.92 Å². The van der Waals surface area contributed by atoms with Gasteiger partial charge in [0.1, 0.15) is 11.8 Å². The van der Waals surface area contributed by atoms with E-state index in [0.717, 1.165) is 35.8 Å². The van der Waals surface area contributed by atoms with E-state index in [1.54, 1.807) is 7.11 Å². The molecule has 1 amide bonds. The average molecular weight is 444 g/mol. The molecule has 2 N–H and O–H groups in total. The molecule has 1 aliphatic rings. The van der Waals surface area contributed by atoms with E-state index in [9.17, 15) is 4.79 Å². The minimum Gasteiger partial charge on any atom is -0.495 e. The van der Waals surface area contributed by atoms with E-state index >= 15 is 0 Å². The molecule has 0 radical (unpaired) electrons. The fourth-order valence-corrected chi connectivity index (χ4v) is 4.27. The fourth-order valence-electron chi connectivity index (χ4n) is 4.27. The largest absolute Gasteiger partial charge is 0.495 e. The second-order valence-corrected chi connectivity index (χ2v) is 8.90. The van der Waals surface area contributed by atoms with Gasteiger partial charge in [0, 0.05) is 24.5 Å². The molecule has 3 aromatic carbocycles. The van der Waals surface area contributed by atoms with Crippen molar-refractivity contribution in [3.8, 4) is 5.75 Å². The molecular formula is C28H33N3O2. The Bertz CT molecular complexity index is 1060. The molecule has 1 heterocycles. The number of carbonyl (C=O) groups is 1. The van der Waals surface area contributed by atoms with Crippen LogP contribution in [0.5, 0.6) is 5.75 Å². The number of piperidine rings is 1. The van der Waals surface area contributed by atoms with Gasteiger partial charge in [-0.3, -0.25) is 4.79 Å². The highest BCUT2D eigenvalue weighted by molar-refractivity contribution is 5.98. The highest BCUT2D eigenvalue weighted by Gasteiger charge is 2.22. The number of aryl methyl sites for hydroxylation is 1. The molecule has 33 heavy (non-hydrogen) atoms. The predicted octanol–water partition coefficient (Wildman–Crippen LogP) is 6.03. The predicted molar refractivity (Wildman–Crippen MR) is 136 cm³/mol. The lowest BCUT2D eigenvalue weighted by atomic mass is 9.99. The van der Waals surface area contributed by atoms with E-state index in [0.29, 0.717) is 11.4 Å². The Morgan fingerprint density at radius 1 is 1.00 bits per heavy atom. The second kappa shape index (κ2) is 10.4. The van der Waals surface area contributed by atoms with Crippen molar-refractivity contribution in [1.82, 2.24) is 0 Å². The molecule has 4 rings (SSSR count). The Balaban J connectivity index is 1.53. The quantitative estimate of drug-likeness (QED) is 0.468. The molecule has 3 aromatic rings. The van der Waals surface area contributed by atoms with Crippen LogP contribution in [0.2, 0.25) is 0 Å². The minimum atomic E-state index is -0.543. The summed E-state index contributed by atoms with van der Waals surface area (Å²) in [6, 6.07) is 23.4. The van der Waals surface area contributed by atoms with Gasteiger partial charge in [0.25, 0.3) is 5.91 Å². The monoisotopic (exact) mass is 443 g/mol. The van der Waals surface area contributed by atoms with Crippen molar-refractivity contribution in [2.45, 2.75) is 32.7 Å². The summed E-state index contributed by atoms with van der Waals surface area (Å²) in [7, 11) is 1.61. The van der Waals surface area contributed by atoms with Crippen LogP contribution in [0.25, 0.3) is 0 Å². The lowest BCUT2D eigenvalue weighted by Crippen LogP contribution is -2.32. The van der Waals surface area contributed by atoms with Crippen molar-refractivity contribution in [3.63, 3.8) is 0 Å². The summed E-state index contributed by atoms with van der Waals surface area (Å²) in [5.41, 5.74) is 4.76. The van der Waals surface area contributed by atoms with Gasteiger partial charge >= 0.3 is 0 Å². The first-order valence-electron chi connectivity index (χ1n) is 11.7. The number of ether oxygens (including phenoxy) is 1. The molecule has 5 nitrogen and oxygen atoms in total. The Morgan fingerprint density at radius 2 is 1.70 bits per heavy atom. The molecule has 1 atom stereocenters. The molecule has 5 heteroatoms. The van der Waals surface area contributed by atoms with Crippen LogP contribution in [0.15, 0.2) is 72.8 Å². The topological polar surface area (TPSA) is 53.6 Å². The van der Waals surface area contributed by atoms with Gasteiger partial charge in [0.2, 0.25) is 0 Å². The summed E-state index contributed by atoms with van der Waals surface area (Å²) < 4.78 is 5.44. The van der Waals surface area contributed by atoms with Gasteiger partial charge in [0.05, 0.1) is 12.8 Å². The molecule has 1 unspecified atom stereocenters. The van der Waals surface area contributed by atoms with Crippen molar-refractivity contribution in [3.05, 3.63) is 83.9 Å². The van der Waals surface area contributed by atoms with Gasteiger partial charge in [-0.2, -0.15) is 0 Å². The van der Waals surface area contributed by atoms with Crippen LogP contribution in [0.1, 0.15) is 36.9 Å². The van der Waals surface area contributed by atoms with E-state index in [-0.39, 0.29) is 5.91 Å². The van der Waals surface area contributed by atoms with Crippen LogP contribution in [-0.2, 0) is 4.79 Å². The molecule has 0 saturated carbocycles. The normalized spacial score (nSPS) is 15.1. The molecule has 1 aliphatic heterocycles. The zero-order valence-electron chi connectivity index (χ0n) is 19.7. The van der Waals surface area contributed by atoms with E-state index in [1.807, 2.05) is 55.5 Å². The molecule has 0 spiro atoms. The Morgan fingerprint density at radius 3 is 2.36 bits per heavy atom. The Hall–Kier alpha value is -3.47. The van der Waals surface area contributed by atoms with Gasteiger partial charge < -0.3 is 20.3 Å². The summed E-state index contributed by atoms with van der Waals surface area (Å²) in [6.45, 7) is 6.51. The number of hydrogen-bond donors (Lipinski definition) is 2. The van der Waals surface area contributed by atoms with E-state index in [1.165, 1.54) is 18.5 Å². The first kappa shape index (κ1) is 22.7. The van der Waals surface area contributed by atoms with Crippen LogP contribution in [-0.4, -0.2) is 26.1 Å². The lowest BCUT2D eigenvalue weighted by molar-refractivity contribution is -0.117. The van der Waals surface area contributed by atoms with Crippen molar-refractivity contribution in [1.29, 1.82) is 0 Å². The number of hydrogen-bond acceptors (Lipinski definition) is 4. The van der Waals surface area contributed by atoms with E-state index in [4.69, 9.17) is 4.74 Å². The molecular weight excluding hydrogens is 410 g/mol. The summed E-state index contributed by atoms with van der Waals surface area (Å²) in [6.07, 6.45) is 2.47. The van der Waals surface area contributed by atoms with Crippen LogP contribution in [0.3, 0.4) is 0 Å². The number of nitrogens with zero attached hydrogens (tertiary/aromatic N) is 1. The first-order valence-corrected chi connectivity index (χ1v) is 11.7. The van der Waals surface area contributed by atoms with Crippen LogP contribution < -0.4 is 20.3 Å².